The zero-order valence-electron chi connectivity index (χ0n) is 10.8. The lowest BCUT2D eigenvalue weighted by atomic mass is 9.64. The van der Waals surface area contributed by atoms with Crippen LogP contribution >= 0.6 is 0 Å². The Morgan fingerprint density at radius 1 is 1.38 bits per heavy atom. The third-order valence-electron chi connectivity index (χ3n) is 4.51. The molecule has 0 saturated heterocycles. The number of hydrogen-bond donors (Lipinski definition) is 2. The van der Waals surface area contributed by atoms with Crippen molar-refractivity contribution in [3.05, 3.63) is 0 Å². The van der Waals surface area contributed by atoms with E-state index in [1.54, 1.807) is 0 Å². The molecular weight excluding hydrogens is 202 g/mol. The molecule has 3 heteroatoms. The highest BCUT2D eigenvalue weighted by Crippen LogP contribution is 2.43. The standard InChI is InChI=1S/C13H25NO2/c1-4-16-11-8-10(12(11,2)3)14-9-13(15)6-5-7-13/h10-11,14-15H,4-9H2,1-3H3. The average Bonchev–Trinajstić information content (AvgIpc) is 2.19. The Balaban J connectivity index is 1.75. The van der Waals surface area contributed by atoms with Crippen molar-refractivity contribution in [2.45, 2.75) is 64.2 Å². The fourth-order valence-corrected chi connectivity index (χ4v) is 2.79. The monoisotopic (exact) mass is 227 g/mol. The van der Waals surface area contributed by atoms with Gasteiger partial charge in [0.2, 0.25) is 0 Å². The number of hydrogen-bond acceptors (Lipinski definition) is 3. The van der Waals surface area contributed by atoms with E-state index in [2.05, 4.69) is 19.2 Å². The van der Waals surface area contributed by atoms with Gasteiger partial charge in [-0.3, -0.25) is 0 Å². The van der Waals surface area contributed by atoms with Crippen molar-refractivity contribution in [3.63, 3.8) is 0 Å². The van der Waals surface area contributed by atoms with Gasteiger partial charge in [0.1, 0.15) is 0 Å². The zero-order chi connectivity index (χ0) is 11.8. The highest BCUT2D eigenvalue weighted by atomic mass is 16.5. The van der Waals surface area contributed by atoms with Crippen LogP contribution in [0.5, 0.6) is 0 Å². The second kappa shape index (κ2) is 4.28. The van der Waals surface area contributed by atoms with E-state index in [9.17, 15) is 5.11 Å². The summed E-state index contributed by atoms with van der Waals surface area (Å²) in [7, 11) is 0. The molecule has 0 bridgehead atoms. The summed E-state index contributed by atoms with van der Waals surface area (Å²) in [6.07, 6.45) is 4.56. The minimum Gasteiger partial charge on any atom is -0.389 e. The van der Waals surface area contributed by atoms with Crippen molar-refractivity contribution in [2.24, 2.45) is 5.41 Å². The van der Waals surface area contributed by atoms with Gasteiger partial charge in [-0.15, -0.1) is 0 Å². The summed E-state index contributed by atoms with van der Waals surface area (Å²) in [4.78, 5) is 0. The molecule has 0 aromatic carbocycles. The summed E-state index contributed by atoms with van der Waals surface area (Å²) in [6.45, 7) is 8.09. The fraction of sp³-hybridized carbons (Fsp3) is 1.00. The molecule has 0 aliphatic heterocycles. The second-order valence-electron chi connectivity index (χ2n) is 6.01. The van der Waals surface area contributed by atoms with Crippen LogP contribution in [0.4, 0.5) is 0 Å². The number of rotatable bonds is 5. The van der Waals surface area contributed by atoms with Crippen molar-refractivity contribution in [1.82, 2.24) is 5.32 Å². The molecule has 2 aliphatic carbocycles. The van der Waals surface area contributed by atoms with Gasteiger partial charge in [0, 0.05) is 24.6 Å². The van der Waals surface area contributed by atoms with E-state index in [1.165, 1.54) is 6.42 Å². The highest BCUT2D eigenvalue weighted by molar-refractivity contribution is 5.04. The van der Waals surface area contributed by atoms with E-state index in [1.807, 2.05) is 6.92 Å². The third-order valence-corrected chi connectivity index (χ3v) is 4.51. The first kappa shape index (κ1) is 12.3. The van der Waals surface area contributed by atoms with E-state index in [4.69, 9.17) is 4.74 Å². The van der Waals surface area contributed by atoms with E-state index < -0.39 is 5.60 Å². The molecule has 2 saturated carbocycles. The van der Waals surface area contributed by atoms with Crippen molar-refractivity contribution >= 4 is 0 Å². The van der Waals surface area contributed by atoms with Crippen LogP contribution in [0, 0.1) is 5.41 Å². The van der Waals surface area contributed by atoms with E-state index >= 15 is 0 Å². The summed E-state index contributed by atoms with van der Waals surface area (Å²) in [6, 6.07) is 0.494. The molecular formula is C13H25NO2. The lowest BCUT2D eigenvalue weighted by molar-refractivity contribution is -0.122. The first-order valence-electron chi connectivity index (χ1n) is 6.55. The van der Waals surface area contributed by atoms with Crippen LogP contribution in [0.3, 0.4) is 0 Å². The Labute approximate surface area is 98.6 Å². The maximum atomic E-state index is 10.0. The summed E-state index contributed by atoms with van der Waals surface area (Å²) in [5, 5.41) is 13.5. The molecule has 0 heterocycles. The predicted octanol–water partition coefficient (Wildman–Crippen LogP) is 1.69. The van der Waals surface area contributed by atoms with Crippen molar-refractivity contribution in [1.29, 1.82) is 0 Å². The van der Waals surface area contributed by atoms with Gasteiger partial charge in [-0.1, -0.05) is 13.8 Å². The van der Waals surface area contributed by atoms with E-state index in [-0.39, 0.29) is 5.41 Å². The summed E-state index contributed by atoms with van der Waals surface area (Å²) < 4.78 is 5.69. The molecule has 16 heavy (non-hydrogen) atoms. The van der Waals surface area contributed by atoms with Gasteiger partial charge >= 0.3 is 0 Å². The Kier molecular flexibility index (Phi) is 3.30. The van der Waals surface area contributed by atoms with E-state index in [0.717, 1.165) is 32.4 Å². The van der Waals surface area contributed by atoms with E-state index in [0.29, 0.717) is 12.1 Å². The van der Waals surface area contributed by atoms with Crippen LogP contribution in [-0.4, -0.2) is 36.0 Å². The molecule has 2 aliphatic rings. The van der Waals surface area contributed by atoms with Crippen molar-refractivity contribution in [2.75, 3.05) is 13.2 Å². The van der Waals surface area contributed by atoms with Crippen LogP contribution in [0.15, 0.2) is 0 Å². The molecule has 2 atom stereocenters. The van der Waals surface area contributed by atoms with Gasteiger partial charge in [0.15, 0.2) is 0 Å². The number of nitrogens with one attached hydrogen (secondary N) is 1. The minimum atomic E-state index is -0.410. The predicted molar refractivity (Wildman–Crippen MR) is 64.4 cm³/mol. The average molecular weight is 227 g/mol. The fourth-order valence-electron chi connectivity index (χ4n) is 2.79. The normalized spacial score (nSPS) is 35.2. The summed E-state index contributed by atoms with van der Waals surface area (Å²) in [5.41, 5.74) is -0.205. The van der Waals surface area contributed by atoms with Crippen LogP contribution in [0.25, 0.3) is 0 Å². The van der Waals surface area contributed by atoms with Crippen LogP contribution in [-0.2, 0) is 4.74 Å². The molecule has 2 rings (SSSR count). The maximum Gasteiger partial charge on any atom is 0.0771 e. The number of aliphatic hydroxyl groups is 1. The molecule has 0 aromatic rings. The highest BCUT2D eigenvalue weighted by Gasteiger charge is 2.49. The van der Waals surface area contributed by atoms with Gasteiger partial charge in [0.25, 0.3) is 0 Å². The largest absolute Gasteiger partial charge is 0.389 e. The first-order valence-corrected chi connectivity index (χ1v) is 6.55. The van der Waals surface area contributed by atoms with Gasteiger partial charge in [0.05, 0.1) is 11.7 Å². The molecule has 3 nitrogen and oxygen atoms in total. The molecule has 0 radical (unpaired) electrons. The Morgan fingerprint density at radius 3 is 2.50 bits per heavy atom. The molecule has 2 unspecified atom stereocenters. The molecule has 94 valence electrons. The third kappa shape index (κ3) is 2.13. The lowest BCUT2D eigenvalue weighted by Crippen LogP contribution is -2.63. The van der Waals surface area contributed by atoms with Crippen LogP contribution in [0.2, 0.25) is 0 Å². The SMILES string of the molecule is CCOC1CC(NCC2(O)CCC2)C1(C)C. The second-order valence-corrected chi connectivity index (χ2v) is 6.01. The van der Waals surface area contributed by atoms with Crippen LogP contribution in [0.1, 0.15) is 46.5 Å². The molecule has 2 fully saturated rings. The maximum absolute atomic E-state index is 10.0. The van der Waals surface area contributed by atoms with Gasteiger partial charge in [-0.05, 0) is 32.6 Å². The van der Waals surface area contributed by atoms with Crippen molar-refractivity contribution in [3.8, 4) is 0 Å². The Morgan fingerprint density at radius 2 is 2.06 bits per heavy atom. The smallest absolute Gasteiger partial charge is 0.0771 e. The lowest BCUT2D eigenvalue weighted by Gasteiger charge is -2.53. The quantitative estimate of drug-likeness (QED) is 0.751. The minimum absolute atomic E-state index is 0.204. The Bertz CT molecular complexity index is 248. The zero-order valence-corrected chi connectivity index (χ0v) is 10.8. The first-order chi connectivity index (χ1) is 7.48. The van der Waals surface area contributed by atoms with Gasteiger partial charge in [-0.25, -0.2) is 0 Å². The summed E-state index contributed by atoms with van der Waals surface area (Å²) in [5.74, 6) is 0. The summed E-state index contributed by atoms with van der Waals surface area (Å²) >= 11 is 0. The molecule has 0 amide bonds. The van der Waals surface area contributed by atoms with Crippen molar-refractivity contribution < 1.29 is 9.84 Å². The topological polar surface area (TPSA) is 41.5 Å². The van der Waals surface area contributed by atoms with Gasteiger partial charge < -0.3 is 15.2 Å². The molecule has 0 spiro atoms. The van der Waals surface area contributed by atoms with Crippen LogP contribution < -0.4 is 5.32 Å². The van der Waals surface area contributed by atoms with Gasteiger partial charge in [-0.2, -0.15) is 0 Å². The Hall–Kier alpha value is -0.120. The molecule has 2 N–H and O–H groups in total. The number of ether oxygens (including phenoxy) is 1. The molecule has 0 aromatic heterocycles.